The maximum atomic E-state index is 12.5. The van der Waals surface area contributed by atoms with E-state index in [2.05, 4.69) is 15.5 Å². The Bertz CT molecular complexity index is 714. The summed E-state index contributed by atoms with van der Waals surface area (Å²) in [5.74, 6) is 0.155. The second-order valence-corrected chi connectivity index (χ2v) is 7.52. The molecule has 0 saturated carbocycles. The predicted octanol–water partition coefficient (Wildman–Crippen LogP) is 2.41. The number of nitrogens with zero attached hydrogens (tertiary/aromatic N) is 4. The molecule has 114 valence electrons. The van der Waals surface area contributed by atoms with Crippen molar-refractivity contribution in [1.82, 2.24) is 20.2 Å². The average Bonchev–Trinajstić information content (AvgIpc) is 2.86. The number of aromatic nitrogens is 4. The monoisotopic (exact) mass is 328 g/mol. The number of benzene rings is 1. The average molecular weight is 329 g/mol. The van der Waals surface area contributed by atoms with E-state index in [-0.39, 0.29) is 5.75 Å². The van der Waals surface area contributed by atoms with E-state index in [1.807, 2.05) is 6.92 Å². The maximum Gasteiger partial charge on any atom is 0.166 e. The van der Waals surface area contributed by atoms with Gasteiger partial charge in [0.25, 0.3) is 0 Å². The number of hydrogen-bond acceptors (Lipinski definition) is 5. The van der Waals surface area contributed by atoms with Crippen LogP contribution in [0.1, 0.15) is 36.9 Å². The molecule has 0 N–H and O–H groups in total. The van der Waals surface area contributed by atoms with E-state index in [0.717, 1.165) is 6.42 Å². The molecule has 0 radical (unpaired) electrons. The van der Waals surface area contributed by atoms with Gasteiger partial charge in [-0.1, -0.05) is 36.7 Å². The number of halogens is 1. The van der Waals surface area contributed by atoms with Gasteiger partial charge in [-0.25, -0.2) is 13.1 Å². The van der Waals surface area contributed by atoms with Crippen molar-refractivity contribution in [1.29, 1.82) is 0 Å². The van der Waals surface area contributed by atoms with Gasteiger partial charge in [-0.05, 0) is 35.4 Å². The molecule has 0 aliphatic carbocycles. The topological polar surface area (TPSA) is 77.7 Å². The molecule has 1 aromatic heterocycles. The minimum atomic E-state index is -3.45. The van der Waals surface area contributed by atoms with Crippen molar-refractivity contribution in [2.24, 2.45) is 0 Å². The fraction of sp³-hybridized carbons (Fsp3) is 0.462. The number of hydrogen-bond donors (Lipinski definition) is 0. The fourth-order valence-electron chi connectivity index (χ4n) is 2.02. The molecule has 0 bridgehead atoms. The molecular weight excluding hydrogens is 312 g/mol. The molecule has 6 nitrogen and oxygen atoms in total. The van der Waals surface area contributed by atoms with E-state index in [1.165, 1.54) is 4.68 Å². The van der Waals surface area contributed by atoms with Gasteiger partial charge in [0, 0.05) is 11.6 Å². The third-order valence-electron chi connectivity index (χ3n) is 3.25. The molecule has 21 heavy (non-hydrogen) atoms. The van der Waals surface area contributed by atoms with Crippen molar-refractivity contribution in [2.75, 3.05) is 0 Å². The quantitative estimate of drug-likeness (QED) is 0.813. The number of rotatable bonds is 6. The van der Waals surface area contributed by atoms with Crippen LogP contribution in [0.2, 0.25) is 5.02 Å². The van der Waals surface area contributed by atoms with Crippen molar-refractivity contribution >= 4 is 21.4 Å². The van der Waals surface area contributed by atoms with Crippen LogP contribution in [0.15, 0.2) is 24.3 Å². The van der Waals surface area contributed by atoms with Crippen molar-refractivity contribution < 1.29 is 8.42 Å². The Labute approximate surface area is 129 Å². The molecule has 0 unspecified atom stereocenters. The first-order valence-electron chi connectivity index (χ1n) is 6.66. The third-order valence-corrected chi connectivity index (χ3v) is 5.59. The molecule has 0 aliphatic heterocycles. The summed E-state index contributed by atoms with van der Waals surface area (Å²) in [6.45, 7) is 4.20. The summed E-state index contributed by atoms with van der Waals surface area (Å²) < 4.78 is 26.6. The Balaban J connectivity index is 2.26. The number of sulfone groups is 1. The summed E-state index contributed by atoms with van der Waals surface area (Å²) in [4.78, 5) is 0. The van der Waals surface area contributed by atoms with E-state index >= 15 is 0 Å². The highest BCUT2D eigenvalue weighted by Crippen LogP contribution is 2.30. The molecule has 0 spiro atoms. The number of tetrazole rings is 1. The van der Waals surface area contributed by atoms with Crippen molar-refractivity contribution in [3.63, 3.8) is 0 Å². The van der Waals surface area contributed by atoms with Crippen LogP contribution in [0, 0.1) is 0 Å². The molecule has 0 fully saturated rings. The second kappa shape index (κ2) is 6.53. The zero-order valence-corrected chi connectivity index (χ0v) is 13.5. The standard InChI is InChI=1S/C13H17ClN4O2S/c1-3-8-18-13(15-16-17-18)9-21(19,20)10(2)11-6-4-5-7-12(11)14/h4-7,10H,3,8-9H2,1-2H3/t10-/m1/s1. The minimum Gasteiger partial charge on any atom is -0.229 e. The van der Waals surface area contributed by atoms with Gasteiger partial charge in [-0.3, -0.25) is 0 Å². The van der Waals surface area contributed by atoms with Gasteiger partial charge in [0.2, 0.25) is 0 Å². The van der Waals surface area contributed by atoms with E-state index in [0.29, 0.717) is 23.0 Å². The molecule has 0 amide bonds. The van der Waals surface area contributed by atoms with Gasteiger partial charge in [-0.2, -0.15) is 0 Å². The molecule has 1 heterocycles. The van der Waals surface area contributed by atoms with Gasteiger partial charge < -0.3 is 0 Å². The summed E-state index contributed by atoms with van der Waals surface area (Å²) in [6, 6.07) is 6.95. The highest BCUT2D eigenvalue weighted by Gasteiger charge is 2.27. The van der Waals surface area contributed by atoms with E-state index in [9.17, 15) is 8.42 Å². The summed E-state index contributed by atoms with van der Waals surface area (Å²) in [5, 5.41) is 10.9. The summed E-state index contributed by atoms with van der Waals surface area (Å²) in [5.41, 5.74) is 0.591. The normalized spacial score (nSPS) is 13.3. The van der Waals surface area contributed by atoms with Crippen LogP contribution >= 0.6 is 11.6 Å². The zero-order valence-electron chi connectivity index (χ0n) is 11.9. The largest absolute Gasteiger partial charge is 0.229 e. The molecular formula is C13H17ClN4O2S. The Kier molecular flexibility index (Phi) is 4.95. The Hall–Kier alpha value is -1.47. The molecule has 2 rings (SSSR count). The first-order valence-corrected chi connectivity index (χ1v) is 8.76. The van der Waals surface area contributed by atoms with Crippen LogP contribution in [0.5, 0.6) is 0 Å². The fourth-order valence-corrected chi connectivity index (χ4v) is 3.79. The van der Waals surface area contributed by atoms with Gasteiger partial charge in [0.15, 0.2) is 15.7 Å². The Morgan fingerprint density at radius 1 is 1.33 bits per heavy atom. The van der Waals surface area contributed by atoms with Gasteiger partial charge >= 0.3 is 0 Å². The van der Waals surface area contributed by atoms with Gasteiger partial charge in [-0.15, -0.1) is 5.10 Å². The predicted molar refractivity (Wildman–Crippen MR) is 80.6 cm³/mol. The molecule has 1 aromatic carbocycles. The van der Waals surface area contributed by atoms with E-state index in [4.69, 9.17) is 11.6 Å². The lowest BCUT2D eigenvalue weighted by molar-refractivity contribution is 0.553. The van der Waals surface area contributed by atoms with Gasteiger partial charge in [0.1, 0.15) is 5.75 Å². The molecule has 1 atom stereocenters. The van der Waals surface area contributed by atoms with Crippen LogP contribution in [0.25, 0.3) is 0 Å². The van der Waals surface area contributed by atoms with Crippen molar-refractivity contribution in [2.45, 2.75) is 37.8 Å². The lowest BCUT2D eigenvalue weighted by Gasteiger charge is -2.14. The maximum absolute atomic E-state index is 12.5. The zero-order chi connectivity index (χ0) is 15.5. The first kappa shape index (κ1) is 15.9. The Morgan fingerprint density at radius 2 is 2.05 bits per heavy atom. The summed E-state index contributed by atoms with van der Waals surface area (Å²) in [7, 11) is -3.45. The minimum absolute atomic E-state index is 0.202. The summed E-state index contributed by atoms with van der Waals surface area (Å²) in [6.07, 6.45) is 0.832. The van der Waals surface area contributed by atoms with E-state index in [1.54, 1.807) is 31.2 Å². The van der Waals surface area contributed by atoms with Crippen LogP contribution in [0.3, 0.4) is 0 Å². The van der Waals surface area contributed by atoms with Crippen LogP contribution < -0.4 is 0 Å². The second-order valence-electron chi connectivity index (χ2n) is 4.79. The van der Waals surface area contributed by atoms with Crippen LogP contribution in [-0.2, 0) is 22.1 Å². The van der Waals surface area contributed by atoms with Crippen molar-refractivity contribution in [3.05, 3.63) is 40.7 Å². The molecule has 0 aliphatic rings. The smallest absolute Gasteiger partial charge is 0.166 e. The third kappa shape index (κ3) is 3.59. The number of aryl methyl sites for hydroxylation is 1. The Morgan fingerprint density at radius 3 is 2.71 bits per heavy atom. The van der Waals surface area contributed by atoms with Gasteiger partial charge in [0.05, 0.1) is 5.25 Å². The van der Waals surface area contributed by atoms with Crippen LogP contribution in [0.4, 0.5) is 0 Å². The SMILES string of the molecule is CCCn1nnnc1CS(=O)(=O)[C@H](C)c1ccccc1Cl. The lowest BCUT2D eigenvalue weighted by atomic mass is 10.2. The van der Waals surface area contributed by atoms with E-state index < -0.39 is 15.1 Å². The molecule has 0 saturated heterocycles. The first-order chi connectivity index (χ1) is 9.95. The molecule has 8 heteroatoms. The van der Waals surface area contributed by atoms with Crippen molar-refractivity contribution in [3.8, 4) is 0 Å². The highest BCUT2D eigenvalue weighted by molar-refractivity contribution is 7.90. The highest BCUT2D eigenvalue weighted by atomic mass is 35.5. The molecule has 2 aromatic rings. The van der Waals surface area contributed by atoms with Crippen LogP contribution in [-0.4, -0.2) is 28.6 Å². The lowest BCUT2D eigenvalue weighted by Crippen LogP contribution is -2.17. The summed E-state index contributed by atoms with van der Waals surface area (Å²) >= 11 is 6.08.